The van der Waals surface area contributed by atoms with E-state index in [2.05, 4.69) is 33.1 Å². The summed E-state index contributed by atoms with van der Waals surface area (Å²) in [6, 6.07) is 0.647. The van der Waals surface area contributed by atoms with E-state index in [1.54, 1.807) is 0 Å². The van der Waals surface area contributed by atoms with Crippen molar-refractivity contribution in [1.82, 2.24) is 5.32 Å². The maximum Gasteiger partial charge on any atom is 0.0616 e. The quantitative estimate of drug-likeness (QED) is 0.721. The van der Waals surface area contributed by atoms with Gasteiger partial charge >= 0.3 is 0 Å². The van der Waals surface area contributed by atoms with E-state index in [9.17, 15) is 0 Å². The third-order valence-electron chi connectivity index (χ3n) is 3.99. The monoisotopic (exact) mass is 227 g/mol. The maximum atomic E-state index is 5.80. The number of ether oxygens (including phenoxy) is 1. The minimum absolute atomic E-state index is 0.492. The summed E-state index contributed by atoms with van der Waals surface area (Å²) in [6.07, 6.45) is 6.84. The van der Waals surface area contributed by atoms with Gasteiger partial charge in [-0.1, -0.05) is 33.6 Å². The maximum absolute atomic E-state index is 5.80. The van der Waals surface area contributed by atoms with E-state index in [4.69, 9.17) is 4.74 Å². The van der Waals surface area contributed by atoms with Gasteiger partial charge in [0.15, 0.2) is 0 Å². The van der Waals surface area contributed by atoms with E-state index in [-0.39, 0.29) is 0 Å². The van der Waals surface area contributed by atoms with Gasteiger partial charge in [-0.15, -0.1) is 0 Å². The Balaban J connectivity index is 2.46. The van der Waals surface area contributed by atoms with Crippen LogP contribution >= 0.6 is 0 Å². The van der Waals surface area contributed by atoms with Crippen LogP contribution in [0.1, 0.15) is 52.9 Å². The Kier molecular flexibility index (Phi) is 6.37. The van der Waals surface area contributed by atoms with Gasteiger partial charge in [0.1, 0.15) is 0 Å². The zero-order valence-corrected chi connectivity index (χ0v) is 11.5. The largest absolute Gasteiger partial charge is 0.378 e. The van der Waals surface area contributed by atoms with Crippen LogP contribution < -0.4 is 5.32 Å². The van der Waals surface area contributed by atoms with Crippen molar-refractivity contribution in [3.63, 3.8) is 0 Å². The fraction of sp³-hybridized carbons (Fsp3) is 1.00. The predicted molar refractivity (Wildman–Crippen MR) is 69.7 cm³/mol. The molecule has 1 fully saturated rings. The number of rotatable bonds is 7. The first-order valence-corrected chi connectivity index (χ1v) is 7.01. The van der Waals surface area contributed by atoms with Crippen LogP contribution in [0.5, 0.6) is 0 Å². The van der Waals surface area contributed by atoms with Gasteiger partial charge in [0.25, 0.3) is 0 Å². The molecule has 1 aliphatic rings. The van der Waals surface area contributed by atoms with Gasteiger partial charge in [-0.05, 0) is 32.2 Å². The zero-order chi connectivity index (χ0) is 12.0. The summed E-state index contributed by atoms with van der Waals surface area (Å²) >= 11 is 0. The van der Waals surface area contributed by atoms with E-state index in [1.165, 1.54) is 25.7 Å². The number of hydrogen-bond acceptors (Lipinski definition) is 2. The molecule has 2 nitrogen and oxygen atoms in total. The third kappa shape index (κ3) is 3.74. The molecule has 0 bridgehead atoms. The molecule has 0 aromatic carbocycles. The summed E-state index contributed by atoms with van der Waals surface area (Å²) in [4.78, 5) is 0. The molecule has 4 atom stereocenters. The molecule has 1 heterocycles. The second-order valence-corrected chi connectivity index (χ2v) is 5.29. The third-order valence-corrected chi connectivity index (χ3v) is 3.99. The second-order valence-electron chi connectivity index (χ2n) is 5.29. The Morgan fingerprint density at radius 3 is 2.69 bits per heavy atom. The van der Waals surface area contributed by atoms with Crippen LogP contribution in [0.2, 0.25) is 0 Å². The molecule has 0 aromatic heterocycles. The van der Waals surface area contributed by atoms with Crippen molar-refractivity contribution in [2.45, 2.75) is 65.0 Å². The Labute approximate surface area is 101 Å². The van der Waals surface area contributed by atoms with Crippen LogP contribution in [-0.4, -0.2) is 25.8 Å². The Morgan fingerprint density at radius 2 is 2.12 bits per heavy atom. The number of nitrogens with one attached hydrogen (secondary N) is 1. The lowest BCUT2D eigenvalue weighted by atomic mass is 9.85. The van der Waals surface area contributed by atoms with E-state index in [0.717, 1.165) is 24.9 Å². The van der Waals surface area contributed by atoms with Crippen molar-refractivity contribution < 1.29 is 4.74 Å². The van der Waals surface area contributed by atoms with Gasteiger partial charge in [-0.2, -0.15) is 0 Å². The van der Waals surface area contributed by atoms with Crippen molar-refractivity contribution in [2.24, 2.45) is 11.8 Å². The average molecular weight is 227 g/mol. The molecule has 1 rings (SSSR count). The molecule has 4 unspecified atom stereocenters. The Morgan fingerprint density at radius 1 is 1.38 bits per heavy atom. The molecule has 16 heavy (non-hydrogen) atoms. The molecule has 1 saturated heterocycles. The lowest BCUT2D eigenvalue weighted by molar-refractivity contribution is 0.0754. The SMILES string of the molecule is CCCC(C)CC(NC)C1CCOC1CC. The Hall–Kier alpha value is -0.0800. The first kappa shape index (κ1) is 14.0. The van der Waals surface area contributed by atoms with Gasteiger partial charge in [0, 0.05) is 18.6 Å². The second kappa shape index (κ2) is 7.29. The summed E-state index contributed by atoms with van der Waals surface area (Å²) in [5.41, 5.74) is 0. The highest BCUT2D eigenvalue weighted by molar-refractivity contribution is 4.86. The van der Waals surface area contributed by atoms with Crippen LogP contribution in [0, 0.1) is 11.8 Å². The van der Waals surface area contributed by atoms with E-state index >= 15 is 0 Å². The average Bonchev–Trinajstić information content (AvgIpc) is 2.74. The first-order valence-electron chi connectivity index (χ1n) is 7.01. The van der Waals surface area contributed by atoms with Gasteiger partial charge in [0.05, 0.1) is 6.10 Å². The molecule has 0 aromatic rings. The smallest absolute Gasteiger partial charge is 0.0616 e. The van der Waals surface area contributed by atoms with Crippen LogP contribution in [-0.2, 0) is 4.74 Å². The van der Waals surface area contributed by atoms with Crippen LogP contribution in [0.3, 0.4) is 0 Å². The summed E-state index contributed by atoms with van der Waals surface area (Å²) < 4.78 is 5.80. The molecular weight excluding hydrogens is 198 g/mol. The fourth-order valence-corrected chi connectivity index (χ4v) is 3.10. The minimum atomic E-state index is 0.492. The summed E-state index contributed by atoms with van der Waals surface area (Å²) in [5, 5.41) is 3.52. The van der Waals surface area contributed by atoms with Crippen molar-refractivity contribution in [2.75, 3.05) is 13.7 Å². The lowest BCUT2D eigenvalue weighted by Crippen LogP contribution is -2.39. The fourth-order valence-electron chi connectivity index (χ4n) is 3.10. The van der Waals surface area contributed by atoms with Crippen molar-refractivity contribution in [3.8, 4) is 0 Å². The Bertz CT molecular complexity index is 184. The van der Waals surface area contributed by atoms with Crippen LogP contribution in [0.4, 0.5) is 0 Å². The highest BCUT2D eigenvalue weighted by Crippen LogP contribution is 2.30. The molecule has 0 radical (unpaired) electrons. The number of hydrogen-bond donors (Lipinski definition) is 1. The van der Waals surface area contributed by atoms with Gasteiger partial charge in [0.2, 0.25) is 0 Å². The molecule has 0 aliphatic carbocycles. The molecular formula is C14H29NO. The highest BCUT2D eigenvalue weighted by Gasteiger charge is 2.33. The first-order chi connectivity index (χ1) is 7.72. The molecule has 0 saturated carbocycles. The molecule has 1 N–H and O–H groups in total. The van der Waals surface area contributed by atoms with E-state index < -0.39 is 0 Å². The van der Waals surface area contributed by atoms with Crippen LogP contribution in [0.15, 0.2) is 0 Å². The molecule has 0 amide bonds. The van der Waals surface area contributed by atoms with Gasteiger partial charge in [-0.25, -0.2) is 0 Å². The minimum Gasteiger partial charge on any atom is -0.378 e. The molecule has 2 heteroatoms. The molecule has 1 aliphatic heterocycles. The lowest BCUT2D eigenvalue weighted by Gasteiger charge is -2.29. The van der Waals surface area contributed by atoms with Crippen molar-refractivity contribution in [3.05, 3.63) is 0 Å². The van der Waals surface area contributed by atoms with Crippen molar-refractivity contribution in [1.29, 1.82) is 0 Å². The van der Waals surface area contributed by atoms with Crippen LogP contribution in [0.25, 0.3) is 0 Å². The summed E-state index contributed by atoms with van der Waals surface area (Å²) in [5.74, 6) is 1.56. The summed E-state index contributed by atoms with van der Waals surface area (Å²) in [6.45, 7) is 7.86. The highest BCUT2D eigenvalue weighted by atomic mass is 16.5. The van der Waals surface area contributed by atoms with E-state index in [0.29, 0.717) is 12.1 Å². The molecule has 0 spiro atoms. The van der Waals surface area contributed by atoms with E-state index in [1.807, 2.05) is 0 Å². The van der Waals surface area contributed by atoms with Gasteiger partial charge < -0.3 is 10.1 Å². The predicted octanol–water partition coefficient (Wildman–Crippen LogP) is 3.22. The summed E-state index contributed by atoms with van der Waals surface area (Å²) in [7, 11) is 2.11. The topological polar surface area (TPSA) is 21.3 Å². The van der Waals surface area contributed by atoms with Gasteiger partial charge in [-0.3, -0.25) is 0 Å². The van der Waals surface area contributed by atoms with Crippen molar-refractivity contribution >= 4 is 0 Å². The molecule has 96 valence electrons. The normalized spacial score (nSPS) is 29.2. The standard InChI is InChI=1S/C14H29NO/c1-5-7-11(3)10-13(15-4)12-8-9-16-14(12)6-2/h11-15H,5-10H2,1-4H3. The zero-order valence-electron chi connectivity index (χ0n) is 11.5.